The summed E-state index contributed by atoms with van der Waals surface area (Å²) in [5.41, 5.74) is 4.07. The molecule has 1 fully saturated rings. The second-order valence-corrected chi connectivity index (χ2v) is 8.81. The number of carbonyl (C=O) groups excluding carboxylic acids is 1. The number of hydrogen-bond acceptors (Lipinski definition) is 5. The Morgan fingerprint density at radius 3 is 2.73 bits per heavy atom. The number of pyridine rings is 1. The number of nitrogens with one attached hydrogen (secondary N) is 2. The molecule has 174 valence electrons. The summed E-state index contributed by atoms with van der Waals surface area (Å²) in [6, 6.07) is 13.8. The lowest BCUT2D eigenvalue weighted by atomic mass is 10.1. The summed E-state index contributed by atoms with van der Waals surface area (Å²) in [6.45, 7) is 2.81. The largest absolute Gasteiger partial charge is 0.493 e. The molecule has 1 amide bonds. The Labute approximate surface area is 202 Å². The van der Waals surface area contributed by atoms with Crippen LogP contribution in [0.5, 0.6) is 5.75 Å². The van der Waals surface area contributed by atoms with E-state index in [0.29, 0.717) is 29.1 Å². The summed E-state index contributed by atoms with van der Waals surface area (Å²) >= 11 is 11.7. The number of halogens is 3. The topological polar surface area (TPSA) is 66.5 Å². The Hall–Kier alpha value is -2.45. The molecule has 0 aliphatic carbocycles. The Balaban J connectivity index is 1.15. The van der Waals surface area contributed by atoms with Gasteiger partial charge >= 0.3 is 0 Å². The van der Waals surface area contributed by atoms with Crippen LogP contribution in [-0.4, -0.2) is 48.2 Å². The van der Waals surface area contributed by atoms with Gasteiger partial charge in [-0.25, -0.2) is 14.4 Å². The SMILES string of the molecule is O=C(NN1CCC(NCCCOc2ccc(Cl)c(F)c2)CC1)c1ccc2cc(Cl)ccc2n1. The number of benzene rings is 2. The third-order valence-electron chi connectivity index (χ3n) is 5.55. The molecule has 0 atom stereocenters. The van der Waals surface area contributed by atoms with Crippen LogP contribution in [0.25, 0.3) is 10.9 Å². The number of amides is 1. The summed E-state index contributed by atoms with van der Waals surface area (Å²) in [5, 5.41) is 7.09. The van der Waals surface area contributed by atoms with E-state index in [0.717, 1.165) is 49.8 Å². The molecular formula is C24H25Cl2FN4O2. The number of aromatic nitrogens is 1. The molecule has 0 spiro atoms. The van der Waals surface area contributed by atoms with Gasteiger partial charge < -0.3 is 10.1 Å². The summed E-state index contributed by atoms with van der Waals surface area (Å²) < 4.78 is 19.0. The predicted molar refractivity (Wildman–Crippen MR) is 128 cm³/mol. The number of hydrogen-bond donors (Lipinski definition) is 2. The van der Waals surface area contributed by atoms with Crippen LogP contribution in [-0.2, 0) is 0 Å². The van der Waals surface area contributed by atoms with Crippen molar-refractivity contribution in [2.75, 3.05) is 26.2 Å². The number of hydrazine groups is 1. The maximum absolute atomic E-state index is 13.4. The van der Waals surface area contributed by atoms with Crippen LogP contribution in [0.4, 0.5) is 4.39 Å². The molecule has 0 radical (unpaired) electrons. The molecule has 33 heavy (non-hydrogen) atoms. The molecule has 2 heterocycles. The van der Waals surface area contributed by atoms with Crippen LogP contribution in [0.15, 0.2) is 48.5 Å². The maximum atomic E-state index is 13.4. The molecule has 1 saturated heterocycles. The Kier molecular flexibility index (Phi) is 7.98. The zero-order valence-corrected chi connectivity index (χ0v) is 19.5. The highest BCUT2D eigenvalue weighted by Crippen LogP contribution is 2.21. The average molecular weight is 491 g/mol. The van der Waals surface area contributed by atoms with E-state index in [1.54, 1.807) is 18.2 Å². The summed E-state index contributed by atoms with van der Waals surface area (Å²) in [5.74, 6) is -0.216. The zero-order valence-electron chi connectivity index (χ0n) is 18.0. The quantitative estimate of drug-likeness (QED) is 0.441. The van der Waals surface area contributed by atoms with Crippen molar-refractivity contribution in [2.24, 2.45) is 0 Å². The van der Waals surface area contributed by atoms with Crippen molar-refractivity contribution in [1.29, 1.82) is 0 Å². The first-order valence-electron chi connectivity index (χ1n) is 10.9. The molecule has 9 heteroatoms. The first-order chi connectivity index (χ1) is 16.0. The highest BCUT2D eigenvalue weighted by atomic mass is 35.5. The van der Waals surface area contributed by atoms with Crippen molar-refractivity contribution in [3.63, 3.8) is 0 Å². The lowest BCUT2D eigenvalue weighted by molar-refractivity contribution is 0.0718. The number of nitrogens with zero attached hydrogens (tertiary/aromatic N) is 2. The minimum atomic E-state index is -0.479. The van der Waals surface area contributed by atoms with Gasteiger partial charge in [-0.1, -0.05) is 29.3 Å². The fourth-order valence-electron chi connectivity index (χ4n) is 3.75. The molecule has 4 rings (SSSR count). The molecule has 6 nitrogen and oxygen atoms in total. The van der Waals surface area contributed by atoms with Crippen molar-refractivity contribution in [3.05, 3.63) is 70.1 Å². The molecule has 2 aromatic carbocycles. The van der Waals surface area contributed by atoms with Gasteiger partial charge in [0.2, 0.25) is 0 Å². The number of piperidine rings is 1. The van der Waals surface area contributed by atoms with Gasteiger partial charge in [0.15, 0.2) is 0 Å². The normalized spacial score (nSPS) is 15.0. The number of carbonyl (C=O) groups is 1. The van der Waals surface area contributed by atoms with Gasteiger partial charge in [-0.2, -0.15) is 0 Å². The molecule has 1 aliphatic rings. The lowest BCUT2D eigenvalue weighted by Crippen LogP contribution is -2.50. The monoisotopic (exact) mass is 490 g/mol. The molecule has 3 aromatic rings. The van der Waals surface area contributed by atoms with Crippen LogP contribution >= 0.6 is 23.2 Å². The summed E-state index contributed by atoms with van der Waals surface area (Å²) in [6.07, 6.45) is 2.65. The van der Waals surface area contributed by atoms with Crippen LogP contribution in [0.1, 0.15) is 29.8 Å². The summed E-state index contributed by atoms with van der Waals surface area (Å²) in [7, 11) is 0. The van der Waals surface area contributed by atoms with Crippen molar-refractivity contribution in [3.8, 4) is 5.75 Å². The second-order valence-electron chi connectivity index (χ2n) is 7.97. The van der Waals surface area contributed by atoms with Gasteiger partial charge in [-0.15, -0.1) is 0 Å². The highest BCUT2D eigenvalue weighted by Gasteiger charge is 2.21. The standard InChI is InChI=1S/C24H25Cl2FN4O2/c25-17-3-7-22-16(14-17)2-6-23(29-22)24(32)30-31-11-8-18(9-12-31)28-10-1-13-33-19-4-5-20(26)21(27)15-19/h2-7,14-15,18,28H,1,8-13H2,(H,30,32). The second kappa shape index (κ2) is 11.1. The third-order valence-corrected chi connectivity index (χ3v) is 6.09. The fourth-order valence-corrected chi connectivity index (χ4v) is 4.05. The van der Waals surface area contributed by atoms with Gasteiger partial charge in [0.1, 0.15) is 17.3 Å². The molecule has 1 aromatic heterocycles. The molecule has 0 saturated carbocycles. The van der Waals surface area contributed by atoms with Crippen molar-refractivity contribution < 1.29 is 13.9 Å². The van der Waals surface area contributed by atoms with E-state index in [2.05, 4.69) is 15.7 Å². The minimum Gasteiger partial charge on any atom is -0.493 e. The lowest BCUT2D eigenvalue weighted by Gasteiger charge is -2.32. The molecular weight excluding hydrogens is 466 g/mol. The number of ether oxygens (including phenoxy) is 1. The van der Waals surface area contributed by atoms with Crippen LogP contribution in [0, 0.1) is 5.82 Å². The molecule has 2 N–H and O–H groups in total. The molecule has 0 bridgehead atoms. The van der Waals surface area contributed by atoms with Crippen molar-refractivity contribution in [1.82, 2.24) is 20.7 Å². The van der Waals surface area contributed by atoms with Crippen molar-refractivity contribution >= 4 is 40.0 Å². The Morgan fingerprint density at radius 1 is 1.12 bits per heavy atom. The van der Waals surface area contributed by atoms with Crippen LogP contribution in [0.3, 0.4) is 0 Å². The van der Waals surface area contributed by atoms with Crippen molar-refractivity contribution in [2.45, 2.75) is 25.3 Å². The van der Waals surface area contributed by atoms with Crippen LogP contribution in [0.2, 0.25) is 10.0 Å². The van der Waals surface area contributed by atoms with E-state index in [1.807, 2.05) is 23.2 Å². The van der Waals surface area contributed by atoms with Crippen LogP contribution < -0.4 is 15.5 Å². The number of rotatable bonds is 8. The smallest absolute Gasteiger partial charge is 0.284 e. The third kappa shape index (κ3) is 6.54. The van der Waals surface area contributed by atoms with E-state index in [4.69, 9.17) is 27.9 Å². The Morgan fingerprint density at radius 2 is 1.94 bits per heavy atom. The molecule has 0 unspecified atom stereocenters. The first-order valence-corrected chi connectivity index (χ1v) is 11.7. The predicted octanol–water partition coefficient (Wildman–Crippen LogP) is 4.85. The fraction of sp³-hybridized carbons (Fsp3) is 0.333. The zero-order chi connectivity index (χ0) is 23.2. The number of fused-ring (bicyclic) bond motifs is 1. The maximum Gasteiger partial charge on any atom is 0.284 e. The molecule has 1 aliphatic heterocycles. The van der Waals surface area contributed by atoms with E-state index < -0.39 is 5.82 Å². The van der Waals surface area contributed by atoms with Gasteiger partial charge in [-0.05, 0) is 62.2 Å². The Bertz CT molecular complexity index is 1120. The average Bonchev–Trinajstić information content (AvgIpc) is 2.81. The van der Waals surface area contributed by atoms with E-state index in [-0.39, 0.29) is 10.9 Å². The van der Waals surface area contributed by atoms with Gasteiger partial charge in [0.05, 0.1) is 17.1 Å². The highest BCUT2D eigenvalue weighted by molar-refractivity contribution is 6.31. The van der Waals surface area contributed by atoms with E-state index >= 15 is 0 Å². The first kappa shape index (κ1) is 23.7. The van der Waals surface area contributed by atoms with Gasteiger partial charge in [0, 0.05) is 35.6 Å². The minimum absolute atomic E-state index is 0.0884. The van der Waals surface area contributed by atoms with Gasteiger partial charge in [0.25, 0.3) is 5.91 Å². The van der Waals surface area contributed by atoms with Gasteiger partial charge in [-0.3, -0.25) is 10.2 Å². The summed E-state index contributed by atoms with van der Waals surface area (Å²) in [4.78, 5) is 17.0. The van der Waals surface area contributed by atoms with E-state index in [1.165, 1.54) is 12.1 Å². The van der Waals surface area contributed by atoms with E-state index in [9.17, 15) is 9.18 Å².